The van der Waals surface area contributed by atoms with Gasteiger partial charge in [-0.25, -0.2) is 0 Å². The first kappa shape index (κ1) is 19.9. The van der Waals surface area contributed by atoms with Gasteiger partial charge in [0.25, 0.3) is 0 Å². The van der Waals surface area contributed by atoms with Gasteiger partial charge in [0.15, 0.2) is 5.79 Å². The lowest BCUT2D eigenvalue weighted by Crippen LogP contribution is -2.62. The van der Waals surface area contributed by atoms with E-state index < -0.39 is 22.4 Å². The van der Waals surface area contributed by atoms with Gasteiger partial charge in [-0.2, -0.15) is 0 Å². The standard InChI is InChI=1S/C23H32O6/c1-20-7-5-19-17(4-3-16-15-27-12-11-26-10-9-22(16,19)24)18(20)6-8-23(20,25)21(2)28-13-14-29-21/h3-5,18,24-25H,6-15H2,1-2H3/t18?,20?,22-,23?/m1/s1. The number of allylic oxidation sites excluding steroid dienone is 3. The largest absolute Gasteiger partial charge is 0.384 e. The first-order valence-corrected chi connectivity index (χ1v) is 10.8. The highest BCUT2D eigenvalue weighted by molar-refractivity contribution is 5.56. The van der Waals surface area contributed by atoms with E-state index in [1.54, 1.807) is 0 Å². The van der Waals surface area contributed by atoms with Gasteiger partial charge in [0.05, 0.1) is 39.6 Å². The van der Waals surface area contributed by atoms with Crippen LogP contribution in [-0.2, 0) is 18.9 Å². The highest BCUT2D eigenvalue weighted by atomic mass is 16.7. The van der Waals surface area contributed by atoms with Crippen LogP contribution in [0.3, 0.4) is 0 Å². The Bertz CT molecular complexity index is 778. The second-order valence-electron chi connectivity index (χ2n) is 9.42. The molecule has 2 N–H and O–H groups in total. The maximum Gasteiger partial charge on any atom is 0.195 e. The van der Waals surface area contributed by atoms with Crippen molar-refractivity contribution in [3.8, 4) is 0 Å². The molecule has 3 aliphatic carbocycles. The maximum atomic E-state index is 11.9. The van der Waals surface area contributed by atoms with Crippen molar-refractivity contribution in [2.75, 3.05) is 39.6 Å². The molecule has 6 heteroatoms. The number of ether oxygens (including phenoxy) is 4. The monoisotopic (exact) mass is 404 g/mol. The molecule has 0 amide bonds. The Hall–Kier alpha value is -1.02. The van der Waals surface area contributed by atoms with E-state index in [1.165, 1.54) is 0 Å². The van der Waals surface area contributed by atoms with Crippen molar-refractivity contribution in [2.45, 2.75) is 56.5 Å². The molecule has 5 aliphatic rings. The minimum absolute atomic E-state index is 0.133. The third-order valence-corrected chi connectivity index (χ3v) is 8.19. The molecule has 0 bridgehead atoms. The van der Waals surface area contributed by atoms with Crippen LogP contribution in [0.25, 0.3) is 0 Å². The van der Waals surface area contributed by atoms with Gasteiger partial charge in [0.2, 0.25) is 0 Å². The van der Waals surface area contributed by atoms with Crippen LogP contribution in [0.1, 0.15) is 39.5 Å². The average molecular weight is 405 g/mol. The summed E-state index contributed by atoms with van der Waals surface area (Å²) >= 11 is 0. The zero-order valence-electron chi connectivity index (χ0n) is 17.4. The summed E-state index contributed by atoms with van der Waals surface area (Å²) in [6.45, 7) is 7.03. The predicted molar refractivity (Wildman–Crippen MR) is 106 cm³/mol. The zero-order valence-corrected chi connectivity index (χ0v) is 17.4. The van der Waals surface area contributed by atoms with Crippen LogP contribution in [0, 0.1) is 11.3 Å². The Kier molecular flexibility index (Phi) is 4.63. The highest BCUT2D eigenvalue weighted by Gasteiger charge is 2.68. The molecule has 2 heterocycles. The number of hydrogen-bond acceptors (Lipinski definition) is 6. The Morgan fingerprint density at radius 3 is 2.48 bits per heavy atom. The van der Waals surface area contributed by atoms with Crippen molar-refractivity contribution in [2.24, 2.45) is 11.3 Å². The van der Waals surface area contributed by atoms with E-state index in [2.05, 4.69) is 19.1 Å². The fourth-order valence-corrected chi connectivity index (χ4v) is 6.37. The molecule has 6 nitrogen and oxygen atoms in total. The summed E-state index contributed by atoms with van der Waals surface area (Å²) in [6.07, 6.45) is 8.91. The fourth-order valence-electron chi connectivity index (χ4n) is 6.37. The van der Waals surface area contributed by atoms with Gasteiger partial charge in [-0.05, 0) is 48.8 Å². The SMILES string of the molecule is CC1(C2(O)CCC3C4=CC=C5COCCOCC[C@]5(O)C4=CCC32C)OCCO1. The molecular formula is C23H32O6. The molecule has 2 aliphatic heterocycles. The van der Waals surface area contributed by atoms with Gasteiger partial charge in [-0.3, -0.25) is 0 Å². The van der Waals surface area contributed by atoms with E-state index in [-0.39, 0.29) is 5.92 Å². The van der Waals surface area contributed by atoms with E-state index in [1.807, 2.05) is 13.0 Å². The van der Waals surface area contributed by atoms with Crippen molar-refractivity contribution >= 4 is 0 Å². The van der Waals surface area contributed by atoms with Crippen molar-refractivity contribution in [1.82, 2.24) is 0 Å². The molecule has 4 atom stereocenters. The summed E-state index contributed by atoms with van der Waals surface area (Å²) in [5, 5.41) is 23.6. The van der Waals surface area contributed by atoms with Crippen molar-refractivity contribution in [3.63, 3.8) is 0 Å². The molecule has 2 saturated heterocycles. The van der Waals surface area contributed by atoms with E-state index >= 15 is 0 Å². The Morgan fingerprint density at radius 2 is 1.69 bits per heavy atom. The topological polar surface area (TPSA) is 77.4 Å². The fraction of sp³-hybridized carbons (Fsp3) is 0.739. The van der Waals surface area contributed by atoms with Crippen molar-refractivity contribution < 1.29 is 29.2 Å². The number of rotatable bonds is 1. The van der Waals surface area contributed by atoms with E-state index in [0.717, 1.165) is 23.1 Å². The van der Waals surface area contributed by atoms with Gasteiger partial charge in [0.1, 0.15) is 11.2 Å². The number of aliphatic hydroxyl groups is 2. The van der Waals surface area contributed by atoms with Crippen molar-refractivity contribution in [1.29, 1.82) is 0 Å². The molecule has 5 rings (SSSR count). The van der Waals surface area contributed by atoms with E-state index in [9.17, 15) is 10.2 Å². The quantitative estimate of drug-likeness (QED) is 0.698. The maximum absolute atomic E-state index is 11.9. The second-order valence-corrected chi connectivity index (χ2v) is 9.42. The van der Waals surface area contributed by atoms with Crippen molar-refractivity contribution in [3.05, 3.63) is 34.9 Å². The molecule has 1 saturated carbocycles. The molecule has 0 aromatic rings. The van der Waals surface area contributed by atoms with Crippen LogP contribution in [-0.4, -0.2) is 66.8 Å². The summed E-state index contributed by atoms with van der Waals surface area (Å²) in [5.41, 5.74) is 0.414. The van der Waals surface area contributed by atoms with Crippen LogP contribution < -0.4 is 0 Å². The number of fused-ring (bicyclic) bond motifs is 5. The average Bonchev–Trinajstić information content (AvgIpc) is 3.28. The van der Waals surface area contributed by atoms with Crippen LogP contribution in [0.2, 0.25) is 0 Å². The molecule has 3 unspecified atom stereocenters. The Balaban J connectivity index is 1.55. The van der Waals surface area contributed by atoms with Crippen LogP contribution >= 0.6 is 0 Å². The zero-order chi connectivity index (χ0) is 20.3. The van der Waals surface area contributed by atoms with Crippen LogP contribution in [0.15, 0.2) is 34.9 Å². The molecule has 0 radical (unpaired) electrons. The van der Waals surface area contributed by atoms with Gasteiger partial charge in [-0.1, -0.05) is 25.2 Å². The minimum Gasteiger partial charge on any atom is -0.384 e. The lowest BCUT2D eigenvalue weighted by molar-refractivity contribution is -0.290. The smallest absolute Gasteiger partial charge is 0.195 e. The summed E-state index contributed by atoms with van der Waals surface area (Å²) in [7, 11) is 0. The molecule has 0 spiro atoms. The predicted octanol–water partition coefficient (Wildman–Crippen LogP) is 2.26. The summed E-state index contributed by atoms with van der Waals surface area (Å²) in [6, 6.07) is 0. The molecular weight excluding hydrogens is 372 g/mol. The first-order chi connectivity index (χ1) is 13.8. The lowest BCUT2D eigenvalue weighted by Gasteiger charge is -2.53. The second kappa shape index (κ2) is 6.74. The minimum atomic E-state index is -1.08. The Labute approximate surface area is 172 Å². The third-order valence-electron chi connectivity index (χ3n) is 8.19. The van der Waals surface area contributed by atoms with E-state index in [0.29, 0.717) is 58.9 Å². The normalized spacial score (nSPS) is 44.3. The molecule has 160 valence electrons. The summed E-state index contributed by atoms with van der Waals surface area (Å²) in [5.74, 6) is -0.858. The van der Waals surface area contributed by atoms with Gasteiger partial charge >= 0.3 is 0 Å². The van der Waals surface area contributed by atoms with Gasteiger partial charge in [-0.15, -0.1) is 0 Å². The number of hydrogen-bond donors (Lipinski definition) is 2. The molecule has 3 fully saturated rings. The summed E-state index contributed by atoms with van der Waals surface area (Å²) < 4.78 is 23.2. The Morgan fingerprint density at radius 1 is 0.931 bits per heavy atom. The molecule has 29 heavy (non-hydrogen) atoms. The van der Waals surface area contributed by atoms with Crippen LogP contribution in [0.5, 0.6) is 0 Å². The van der Waals surface area contributed by atoms with E-state index in [4.69, 9.17) is 18.9 Å². The molecule has 0 aromatic carbocycles. The van der Waals surface area contributed by atoms with Gasteiger partial charge < -0.3 is 29.2 Å². The third kappa shape index (κ3) is 2.63. The lowest BCUT2D eigenvalue weighted by atomic mass is 9.57. The van der Waals surface area contributed by atoms with Gasteiger partial charge in [0, 0.05) is 11.8 Å². The molecule has 0 aromatic heterocycles. The highest BCUT2D eigenvalue weighted by Crippen LogP contribution is 2.64. The summed E-state index contributed by atoms with van der Waals surface area (Å²) in [4.78, 5) is 0. The first-order valence-electron chi connectivity index (χ1n) is 10.8. The van der Waals surface area contributed by atoms with Crippen LogP contribution in [0.4, 0.5) is 0 Å².